The molecule has 1 unspecified atom stereocenters. The van der Waals surface area contributed by atoms with Crippen LogP contribution in [0.1, 0.15) is 23.2 Å². The fourth-order valence-electron chi connectivity index (χ4n) is 1.93. The number of ether oxygens (including phenoxy) is 1. The molecule has 0 radical (unpaired) electrons. The maximum Gasteiger partial charge on any atom is 0.312 e. The topological polar surface area (TPSA) is 115 Å². The summed E-state index contributed by atoms with van der Waals surface area (Å²) in [5.41, 5.74) is 0.627. The summed E-state index contributed by atoms with van der Waals surface area (Å²) in [4.78, 5) is 26.9. The summed E-state index contributed by atoms with van der Waals surface area (Å²) in [7, 11) is 0. The molecule has 1 aromatic heterocycles. The van der Waals surface area contributed by atoms with Crippen molar-refractivity contribution in [3.63, 3.8) is 0 Å². The van der Waals surface area contributed by atoms with Gasteiger partial charge in [-0.05, 0) is 12.5 Å². The SMILES string of the molecule is Cc1noc(COCC(=O)NCC(C(=O)O)c2ccccc2)n1. The van der Waals surface area contributed by atoms with Crippen LogP contribution < -0.4 is 5.32 Å². The van der Waals surface area contributed by atoms with E-state index in [1.165, 1.54) is 0 Å². The third-order valence-electron chi connectivity index (χ3n) is 3.03. The van der Waals surface area contributed by atoms with Gasteiger partial charge in [0.25, 0.3) is 5.89 Å². The van der Waals surface area contributed by atoms with Crippen LogP contribution in [0.2, 0.25) is 0 Å². The molecule has 2 rings (SSSR count). The first-order chi connectivity index (χ1) is 11.1. The van der Waals surface area contributed by atoms with Crippen LogP contribution in [0.15, 0.2) is 34.9 Å². The number of aromatic nitrogens is 2. The minimum Gasteiger partial charge on any atom is -0.481 e. The van der Waals surface area contributed by atoms with Crippen LogP contribution in [-0.4, -0.2) is 40.3 Å². The molecule has 8 nitrogen and oxygen atoms in total. The molecule has 1 atom stereocenters. The highest BCUT2D eigenvalue weighted by atomic mass is 16.5. The molecule has 1 heterocycles. The monoisotopic (exact) mass is 319 g/mol. The van der Waals surface area contributed by atoms with E-state index in [1.54, 1.807) is 37.3 Å². The molecule has 0 fully saturated rings. The summed E-state index contributed by atoms with van der Waals surface area (Å²) < 4.78 is 9.98. The Hall–Kier alpha value is -2.74. The lowest BCUT2D eigenvalue weighted by molar-refractivity contribution is -0.138. The Morgan fingerprint density at radius 2 is 2.09 bits per heavy atom. The maximum absolute atomic E-state index is 11.7. The number of amides is 1. The minimum atomic E-state index is -1.00. The van der Waals surface area contributed by atoms with Crippen molar-refractivity contribution in [1.82, 2.24) is 15.5 Å². The van der Waals surface area contributed by atoms with Crippen molar-refractivity contribution in [3.05, 3.63) is 47.6 Å². The molecule has 1 amide bonds. The van der Waals surface area contributed by atoms with Crippen molar-refractivity contribution >= 4 is 11.9 Å². The van der Waals surface area contributed by atoms with Crippen LogP contribution in [0.25, 0.3) is 0 Å². The predicted molar refractivity (Wildman–Crippen MR) is 78.5 cm³/mol. The Labute approximate surface area is 132 Å². The van der Waals surface area contributed by atoms with E-state index >= 15 is 0 Å². The summed E-state index contributed by atoms with van der Waals surface area (Å²) in [6.07, 6.45) is 0. The van der Waals surface area contributed by atoms with Crippen molar-refractivity contribution in [3.8, 4) is 0 Å². The highest BCUT2D eigenvalue weighted by molar-refractivity contribution is 5.80. The second-order valence-corrected chi connectivity index (χ2v) is 4.83. The quantitative estimate of drug-likeness (QED) is 0.742. The van der Waals surface area contributed by atoms with E-state index in [0.717, 1.165) is 0 Å². The second kappa shape index (κ2) is 8.04. The van der Waals surface area contributed by atoms with Crippen LogP contribution in [0.5, 0.6) is 0 Å². The largest absolute Gasteiger partial charge is 0.481 e. The van der Waals surface area contributed by atoms with Crippen molar-refractivity contribution in [2.24, 2.45) is 0 Å². The molecule has 122 valence electrons. The van der Waals surface area contributed by atoms with Crippen molar-refractivity contribution in [2.45, 2.75) is 19.4 Å². The molecule has 0 saturated heterocycles. The van der Waals surface area contributed by atoms with Gasteiger partial charge in [-0.1, -0.05) is 35.5 Å². The Bertz CT molecular complexity index is 656. The molecule has 1 aromatic carbocycles. The molecule has 2 aromatic rings. The first-order valence-corrected chi connectivity index (χ1v) is 6.97. The summed E-state index contributed by atoms with van der Waals surface area (Å²) >= 11 is 0. The van der Waals surface area contributed by atoms with Crippen molar-refractivity contribution in [2.75, 3.05) is 13.2 Å². The van der Waals surface area contributed by atoms with Gasteiger partial charge in [-0.15, -0.1) is 0 Å². The molecule has 0 aliphatic heterocycles. The molecule has 0 aliphatic carbocycles. The predicted octanol–water partition coefficient (Wildman–Crippen LogP) is 0.879. The van der Waals surface area contributed by atoms with Gasteiger partial charge in [0.2, 0.25) is 5.91 Å². The van der Waals surface area contributed by atoms with Gasteiger partial charge in [-0.3, -0.25) is 9.59 Å². The fourth-order valence-corrected chi connectivity index (χ4v) is 1.93. The average Bonchev–Trinajstić information content (AvgIpc) is 2.94. The Balaban J connectivity index is 1.77. The molecule has 23 heavy (non-hydrogen) atoms. The summed E-state index contributed by atoms with van der Waals surface area (Å²) in [6, 6.07) is 8.72. The number of carboxylic acids is 1. The van der Waals surface area contributed by atoms with Gasteiger partial charge in [0.15, 0.2) is 5.82 Å². The van der Waals surface area contributed by atoms with Gasteiger partial charge in [0.05, 0.1) is 5.92 Å². The smallest absolute Gasteiger partial charge is 0.312 e. The number of benzene rings is 1. The first-order valence-electron chi connectivity index (χ1n) is 6.97. The third kappa shape index (κ3) is 5.19. The Morgan fingerprint density at radius 3 is 2.70 bits per heavy atom. The number of rotatable bonds is 8. The van der Waals surface area contributed by atoms with Crippen LogP contribution >= 0.6 is 0 Å². The van der Waals surface area contributed by atoms with E-state index in [-0.39, 0.29) is 25.6 Å². The highest BCUT2D eigenvalue weighted by Gasteiger charge is 2.20. The van der Waals surface area contributed by atoms with E-state index in [2.05, 4.69) is 15.5 Å². The van der Waals surface area contributed by atoms with Crippen LogP contribution in [-0.2, 0) is 20.9 Å². The summed E-state index contributed by atoms with van der Waals surface area (Å²) in [5.74, 6) is -1.45. The Morgan fingerprint density at radius 1 is 1.35 bits per heavy atom. The zero-order valence-electron chi connectivity index (χ0n) is 12.6. The lowest BCUT2D eigenvalue weighted by atomic mass is 9.99. The molecule has 8 heteroatoms. The fraction of sp³-hybridized carbons (Fsp3) is 0.333. The number of carboxylic acid groups (broad SMARTS) is 1. The number of hydrogen-bond donors (Lipinski definition) is 2. The normalized spacial score (nSPS) is 11.9. The Kier molecular flexibility index (Phi) is 5.81. The third-order valence-corrected chi connectivity index (χ3v) is 3.03. The number of carbonyl (C=O) groups is 2. The highest BCUT2D eigenvalue weighted by Crippen LogP contribution is 2.14. The number of hydrogen-bond acceptors (Lipinski definition) is 6. The van der Waals surface area contributed by atoms with Crippen molar-refractivity contribution in [1.29, 1.82) is 0 Å². The van der Waals surface area contributed by atoms with Crippen LogP contribution in [0, 0.1) is 6.92 Å². The van der Waals surface area contributed by atoms with E-state index in [0.29, 0.717) is 11.4 Å². The zero-order valence-corrected chi connectivity index (χ0v) is 12.6. The standard InChI is InChI=1S/C15H17N3O5/c1-10-17-14(23-18-10)9-22-8-13(19)16-7-12(15(20)21)11-5-3-2-4-6-11/h2-6,12H,7-9H2,1H3,(H,16,19)(H,20,21). The minimum absolute atomic E-state index is 0.0127. The molecule has 0 aliphatic rings. The summed E-state index contributed by atoms with van der Waals surface area (Å²) in [5, 5.41) is 15.4. The van der Waals surface area contributed by atoms with Gasteiger partial charge in [-0.25, -0.2) is 0 Å². The molecule has 0 spiro atoms. The van der Waals surface area contributed by atoms with E-state index in [1.807, 2.05) is 0 Å². The van der Waals surface area contributed by atoms with Gasteiger partial charge >= 0.3 is 5.97 Å². The molecular weight excluding hydrogens is 302 g/mol. The van der Waals surface area contributed by atoms with Gasteiger partial charge < -0.3 is 19.7 Å². The van der Waals surface area contributed by atoms with Crippen LogP contribution in [0.4, 0.5) is 0 Å². The molecular formula is C15H17N3O5. The van der Waals surface area contributed by atoms with Gasteiger partial charge in [0.1, 0.15) is 13.2 Å². The lowest BCUT2D eigenvalue weighted by Gasteiger charge is -2.13. The molecule has 0 saturated carbocycles. The van der Waals surface area contributed by atoms with E-state index in [4.69, 9.17) is 9.26 Å². The van der Waals surface area contributed by atoms with Gasteiger partial charge in [-0.2, -0.15) is 4.98 Å². The second-order valence-electron chi connectivity index (χ2n) is 4.83. The van der Waals surface area contributed by atoms with Crippen molar-refractivity contribution < 1.29 is 24.0 Å². The number of carbonyl (C=O) groups excluding carboxylic acids is 1. The average molecular weight is 319 g/mol. The zero-order chi connectivity index (χ0) is 16.7. The lowest BCUT2D eigenvalue weighted by Crippen LogP contribution is -2.34. The number of aliphatic carboxylic acids is 1. The van der Waals surface area contributed by atoms with E-state index in [9.17, 15) is 14.7 Å². The number of nitrogens with one attached hydrogen (secondary N) is 1. The van der Waals surface area contributed by atoms with E-state index < -0.39 is 17.8 Å². The molecule has 0 bridgehead atoms. The van der Waals surface area contributed by atoms with Crippen LogP contribution in [0.3, 0.4) is 0 Å². The summed E-state index contributed by atoms with van der Waals surface area (Å²) in [6.45, 7) is 1.47. The maximum atomic E-state index is 11.7. The number of nitrogens with zero attached hydrogens (tertiary/aromatic N) is 2. The molecule has 2 N–H and O–H groups in total. The number of aryl methyl sites for hydroxylation is 1. The van der Waals surface area contributed by atoms with Gasteiger partial charge in [0, 0.05) is 6.54 Å². The first kappa shape index (κ1) is 16.6.